The maximum absolute atomic E-state index is 15.2. The molecule has 5 N–H and O–H groups in total. The summed E-state index contributed by atoms with van der Waals surface area (Å²) >= 11 is 6.06. The van der Waals surface area contributed by atoms with Gasteiger partial charge < -0.3 is 26.2 Å². The predicted molar refractivity (Wildman–Crippen MR) is 142 cm³/mol. The molecule has 38 heavy (non-hydrogen) atoms. The number of ether oxygens (including phenoxy) is 1. The van der Waals surface area contributed by atoms with Gasteiger partial charge in [-0.3, -0.25) is 4.79 Å². The van der Waals surface area contributed by atoms with E-state index in [-0.39, 0.29) is 29.9 Å². The monoisotopic (exact) mass is 541 g/mol. The molecule has 1 fully saturated rings. The van der Waals surface area contributed by atoms with E-state index < -0.39 is 23.9 Å². The van der Waals surface area contributed by atoms with Crippen molar-refractivity contribution in [2.24, 2.45) is 0 Å². The molecule has 4 rings (SSSR count). The number of nitrogens with one attached hydrogen (secondary N) is 2. The number of halogens is 2. The second-order valence-corrected chi connectivity index (χ2v) is 9.64. The zero-order valence-electron chi connectivity index (χ0n) is 20.8. The number of methoxy groups -OCH3 is 1. The molecule has 1 aliphatic rings. The van der Waals surface area contributed by atoms with Gasteiger partial charge in [-0.15, -0.1) is 0 Å². The Kier molecular flexibility index (Phi) is 8.75. The van der Waals surface area contributed by atoms with Crippen molar-refractivity contribution in [2.75, 3.05) is 19.4 Å². The summed E-state index contributed by atoms with van der Waals surface area (Å²) in [6.45, 7) is -0.133. The number of carbonyl (C=O) groups is 2. The van der Waals surface area contributed by atoms with Crippen LogP contribution in [0.2, 0.25) is 5.02 Å². The molecule has 0 radical (unpaired) electrons. The summed E-state index contributed by atoms with van der Waals surface area (Å²) in [6.07, 6.45) is 4.34. The standard InChI is InChI=1S/C27H29ClFN5O4/c1-38-19-8-5-15(6-9-19)22-13-31-25(30)24(33-22)17-7-10-20(21(29)12-17)26(35)34-23(14-32-27(36)37)16-3-2-4-18(28)11-16/h2-4,7,10-13,15,19,23,32H,5-6,8-9,14H2,1H3,(H2,30,31)(H,34,35)(H,36,37)/t15-,19-,23-/m1/s1. The fourth-order valence-electron chi connectivity index (χ4n) is 4.66. The lowest BCUT2D eigenvalue weighted by molar-refractivity contribution is 0.0655. The second kappa shape index (κ2) is 12.2. The molecule has 0 unspecified atom stereocenters. The van der Waals surface area contributed by atoms with Crippen LogP contribution in [0.3, 0.4) is 0 Å². The highest BCUT2D eigenvalue weighted by molar-refractivity contribution is 6.30. The molecule has 2 amide bonds. The molecule has 2 aromatic carbocycles. The van der Waals surface area contributed by atoms with Gasteiger partial charge in [0.25, 0.3) is 5.91 Å². The normalized spacial score (nSPS) is 18.0. The number of hydrogen-bond acceptors (Lipinski definition) is 6. The number of nitrogens with two attached hydrogens (primary N) is 1. The quantitative estimate of drug-likeness (QED) is 0.317. The van der Waals surface area contributed by atoms with Gasteiger partial charge in [-0.2, -0.15) is 0 Å². The van der Waals surface area contributed by atoms with Crippen molar-refractivity contribution in [3.8, 4) is 11.3 Å². The highest BCUT2D eigenvalue weighted by Crippen LogP contribution is 2.34. The van der Waals surface area contributed by atoms with Crippen LogP contribution in [0, 0.1) is 5.82 Å². The van der Waals surface area contributed by atoms with E-state index in [9.17, 15) is 9.59 Å². The number of hydrogen-bond donors (Lipinski definition) is 4. The first-order chi connectivity index (χ1) is 18.2. The van der Waals surface area contributed by atoms with Crippen LogP contribution in [0.4, 0.5) is 15.0 Å². The number of rotatable bonds is 8. The predicted octanol–water partition coefficient (Wildman–Crippen LogP) is 4.93. The van der Waals surface area contributed by atoms with Crippen LogP contribution in [-0.4, -0.2) is 46.8 Å². The fraction of sp³-hybridized carbons (Fsp3) is 0.333. The number of amides is 2. The highest BCUT2D eigenvalue weighted by atomic mass is 35.5. The van der Waals surface area contributed by atoms with Crippen LogP contribution in [-0.2, 0) is 4.74 Å². The van der Waals surface area contributed by atoms with Gasteiger partial charge in [0.05, 0.1) is 29.6 Å². The molecule has 200 valence electrons. The molecule has 0 saturated heterocycles. The first kappa shape index (κ1) is 27.3. The summed E-state index contributed by atoms with van der Waals surface area (Å²) in [7, 11) is 1.72. The van der Waals surface area contributed by atoms with E-state index in [4.69, 9.17) is 32.2 Å². The summed E-state index contributed by atoms with van der Waals surface area (Å²) < 4.78 is 20.6. The third-order valence-corrected chi connectivity index (χ3v) is 6.98. The Morgan fingerprint density at radius 2 is 1.97 bits per heavy atom. The Hall–Kier alpha value is -3.76. The number of aromatic nitrogens is 2. The second-order valence-electron chi connectivity index (χ2n) is 9.20. The van der Waals surface area contributed by atoms with Gasteiger partial charge in [-0.1, -0.05) is 29.8 Å². The number of anilines is 1. The molecule has 11 heteroatoms. The Morgan fingerprint density at radius 3 is 2.63 bits per heavy atom. The number of benzene rings is 2. The highest BCUT2D eigenvalue weighted by Gasteiger charge is 2.25. The third kappa shape index (κ3) is 6.56. The summed E-state index contributed by atoms with van der Waals surface area (Å²) in [5, 5.41) is 14.3. The molecule has 1 heterocycles. The van der Waals surface area contributed by atoms with E-state index in [0.717, 1.165) is 31.4 Å². The summed E-state index contributed by atoms with van der Waals surface area (Å²) in [4.78, 5) is 33.0. The average molecular weight is 542 g/mol. The summed E-state index contributed by atoms with van der Waals surface area (Å²) in [5.41, 5.74) is 7.98. The molecule has 0 bridgehead atoms. The number of carbonyl (C=O) groups excluding carboxylic acids is 1. The molecule has 1 saturated carbocycles. The number of nitrogen functional groups attached to an aromatic ring is 1. The lowest BCUT2D eigenvalue weighted by Crippen LogP contribution is -2.37. The van der Waals surface area contributed by atoms with Crippen LogP contribution < -0.4 is 16.4 Å². The van der Waals surface area contributed by atoms with Gasteiger partial charge in [0, 0.05) is 30.2 Å². The van der Waals surface area contributed by atoms with Crippen molar-refractivity contribution < 1.29 is 23.8 Å². The number of nitrogens with zero attached hydrogens (tertiary/aromatic N) is 2. The third-order valence-electron chi connectivity index (χ3n) is 6.75. The Morgan fingerprint density at radius 1 is 1.21 bits per heavy atom. The first-order valence-corrected chi connectivity index (χ1v) is 12.6. The van der Waals surface area contributed by atoms with Gasteiger partial charge in [0.1, 0.15) is 17.3 Å². The molecule has 0 aliphatic heterocycles. The van der Waals surface area contributed by atoms with Gasteiger partial charge >= 0.3 is 6.09 Å². The Balaban J connectivity index is 1.54. The SMILES string of the molecule is CO[C@H]1CC[C@H](c2cnc(N)c(-c3ccc(C(=O)N[C@H](CNC(=O)O)c4cccc(Cl)c4)c(F)c3)n2)CC1. The van der Waals surface area contributed by atoms with E-state index in [2.05, 4.69) is 15.6 Å². The summed E-state index contributed by atoms with van der Waals surface area (Å²) in [5.74, 6) is -1.11. The molecule has 1 aromatic heterocycles. The van der Waals surface area contributed by atoms with Crippen molar-refractivity contribution in [2.45, 2.75) is 43.7 Å². The summed E-state index contributed by atoms with van der Waals surface area (Å²) in [6, 6.07) is 9.96. The van der Waals surface area contributed by atoms with E-state index >= 15 is 4.39 Å². The van der Waals surface area contributed by atoms with E-state index in [1.54, 1.807) is 43.6 Å². The van der Waals surface area contributed by atoms with Gasteiger partial charge in [-0.05, 0) is 55.5 Å². The van der Waals surface area contributed by atoms with E-state index in [1.165, 1.54) is 12.1 Å². The van der Waals surface area contributed by atoms with Crippen LogP contribution in [0.25, 0.3) is 11.3 Å². The maximum Gasteiger partial charge on any atom is 0.404 e. The van der Waals surface area contributed by atoms with Crippen LogP contribution >= 0.6 is 11.6 Å². The average Bonchev–Trinajstić information content (AvgIpc) is 2.91. The van der Waals surface area contributed by atoms with Gasteiger partial charge in [-0.25, -0.2) is 19.2 Å². The smallest absolute Gasteiger partial charge is 0.404 e. The van der Waals surface area contributed by atoms with Crippen molar-refractivity contribution in [1.29, 1.82) is 0 Å². The topological polar surface area (TPSA) is 139 Å². The van der Waals surface area contributed by atoms with Crippen molar-refractivity contribution in [3.05, 3.63) is 76.3 Å². The molecule has 1 atom stereocenters. The minimum Gasteiger partial charge on any atom is -0.465 e. The zero-order chi connectivity index (χ0) is 27.2. The molecular formula is C27H29ClFN5O4. The number of carboxylic acid groups (broad SMARTS) is 1. The molecule has 3 aromatic rings. The van der Waals surface area contributed by atoms with E-state index in [1.807, 2.05) is 0 Å². The molecule has 0 spiro atoms. The van der Waals surface area contributed by atoms with Gasteiger partial charge in [0.15, 0.2) is 0 Å². The van der Waals surface area contributed by atoms with Crippen molar-refractivity contribution in [1.82, 2.24) is 20.6 Å². The largest absolute Gasteiger partial charge is 0.465 e. The lowest BCUT2D eigenvalue weighted by atomic mass is 9.85. The lowest BCUT2D eigenvalue weighted by Gasteiger charge is -2.27. The molecular weight excluding hydrogens is 513 g/mol. The fourth-order valence-corrected chi connectivity index (χ4v) is 4.86. The minimum absolute atomic E-state index is 0.133. The van der Waals surface area contributed by atoms with Crippen LogP contribution in [0.5, 0.6) is 0 Å². The van der Waals surface area contributed by atoms with Gasteiger partial charge in [0.2, 0.25) is 0 Å². The molecule has 1 aliphatic carbocycles. The molecule has 9 nitrogen and oxygen atoms in total. The minimum atomic E-state index is -1.26. The zero-order valence-corrected chi connectivity index (χ0v) is 21.5. The van der Waals surface area contributed by atoms with Crippen LogP contribution in [0.15, 0.2) is 48.7 Å². The van der Waals surface area contributed by atoms with Crippen LogP contribution in [0.1, 0.15) is 59.3 Å². The maximum atomic E-state index is 15.2. The van der Waals surface area contributed by atoms with E-state index in [0.29, 0.717) is 21.8 Å². The van der Waals surface area contributed by atoms with Crippen molar-refractivity contribution in [3.63, 3.8) is 0 Å². The Bertz CT molecular complexity index is 1320. The first-order valence-electron chi connectivity index (χ1n) is 12.2. The Labute approximate surface area is 224 Å². The van der Waals surface area contributed by atoms with Crippen molar-refractivity contribution >= 4 is 29.4 Å².